The number of allylic oxidation sites excluding steroid dienone is 3. The van der Waals surface area contributed by atoms with Crippen LogP contribution in [0, 0.1) is 0 Å². The van der Waals surface area contributed by atoms with Gasteiger partial charge in [0.15, 0.2) is 17.5 Å². The molecule has 57 heavy (non-hydrogen) atoms. The molecule has 0 aliphatic rings. The first-order valence-electron chi connectivity index (χ1n) is 19.1. The topological polar surface area (TPSA) is 77.6 Å². The molecular weight excluding hydrogens is 699 g/mol. The van der Waals surface area contributed by atoms with Crippen molar-refractivity contribution in [3.8, 4) is 33.9 Å². The van der Waals surface area contributed by atoms with Gasteiger partial charge in [-0.2, -0.15) is 0 Å². The van der Waals surface area contributed by atoms with Crippen LogP contribution in [0.4, 0.5) is 0 Å². The maximum atomic E-state index is 6.29. The Kier molecular flexibility index (Phi) is 11.2. The van der Waals surface area contributed by atoms with Crippen molar-refractivity contribution in [2.24, 2.45) is 0 Å². The summed E-state index contributed by atoms with van der Waals surface area (Å²) in [6.07, 6.45) is 19.2. The molecule has 0 spiro atoms. The van der Waals surface area contributed by atoms with E-state index in [1.54, 1.807) is 0 Å². The number of pyridine rings is 2. The third kappa shape index (κ3) is 8.66. The van der Waals surface area contributed by atoms with E-state index in [0.29, 0.717) is 23.9 Å². The van der Waals surface area contributed by atoms with E-state index in [0.717, 1.165) is 67.7 Å². The van der Waals surface area contributed by atoms with Crippen LogP contribution in [-0.4, -0.2) is 24.9 Å². The molecule has 0 saturated heterocycles. The van der Waals surface area contributed by atoms with Crippen molar-refractivity contribution in [3.63, 3.8) is 0 Å². The molecule has 0 N–H and O–H groups in total. The number of rotatable bonds is 14. The maximum Gasteiger partial charge on any atom is 0.164 e. The second kappa shape index (κ2) is 17.4. The Morgan fingerprint density at radius 2 is 1.14 bits per heavy atom. The number of benzene rings is 4. The van der Waals surface area contributed by atoms with Gasteiger partial charge in [0.05, 0.1) is 6.26 Å². The van der Waals surface area contributed by atoms with Gasteiger partial charge in [0, 0.05) is 57.7 Å². The van der Waals surface area contributed by atoms with Crippen LogP contribution in [0.15, 0.2) is 188 Å². The summed E-state index contributed by atoms with van der Waals surface area (Å²) in [5, 5.41) is 1.08. The summed E-state index contributed by atoms with van der Waals surface area (Å²) in [4.78, 5) is 24.4. The molecule has 4 heterocycles. The van der Waals surface area contributed by atoms with Crippen LogP contribution in [0.1, 0.15) is 52.2 Å². The van der Waals surface area contributed by atoms with Crippen LogP contribution >= 0.6 is 0 Å². The van der Waals surface area contributed by atoms with Crippen LogP contribution < -0.4 is 0 Å². The van der Waals surface area contributed by atoms with Crippen molar-refractivity contribution >= 4 is 29.2 Å². The Balaban J connectivity index is 1.13. The fourth-order valence-electron chi connectivity index (χ4n) is 6.90. The highest BCUT2D eigenvalue weighted by atomic mass is 16.3. The predicted molar refractivity (Wildman–Crippen MR) is 233 cm³/mol. The van der Waals surface area contributed by atoms with Gasteiger partial charge in [0.25, 0.3) is 0 Å². The molecule has 0 aliphatic heterocycles. The van der Waals surface area contributed by atoms with Gasteiger partial charge in [0.2, 0.25) is 0 Å². The van der Waals surface area contributed by atoms with Crippen molar-refractivity contribution in [1.29, 1.82) is 0 Å². The monoisotopic (exact) mass is 739 g/mol. The van der Waals surface area contributed by atoms with Gasteiger partial charge >= 0.3 is 0 Å². The normalized spacial score (nSPS) is 12.6. The van der Waals surface area contributed by atoms with Crippen LogP contribution in [0.3, 0.4) is 0 Å². The summed E-state index contributed by atoms with van der Waals surface area (Å²) in [6.45, 7) is 7.81. The Bertz CT molecular complexity index is 2590. The highest BCUT2D eigenvalue weighted by molar-refractivity contribution is 5.94. The standard InChI is InChI=1S/C51H41N5O/c1-3-15-38(4-2)46-29-26-36(33-52-46)24-25-37-27-30-47(53-34-37)42(32-43-35-57-49-44(22-14-23-45(43)49)39-16-8-5-9-17-39)28-31-48-54-50(40-18-10-6-11-19-40)56-51(55-48)41-20-12-7-13-21-41/h3-14,16-31,33-35,38,42H,1-2,15,32H2/b25-24-,31-28+. The zero-order valence-electron chi connectivity index (χ0n) is 31.5. The van der Waals surface area contributed by atoms with Crippen molar-refractivity contribution in [2.45, 2.75) is 24.7 Å². The van der Waals surface area contributed by atoms with Crippen LogP contribution in [0.5, 0.6) is 0 Å². The number of hydrogen-bond acceptors (Lipinski definition) is 6. The van der Waals surface area contributed by atoms with Crippen LogP contribution in [0.25, 0.3) is 63.1 Å². The molecule has 6 nitrogen and oxygen atoms in total. The second-order valence-electron chi connectivity index (χ2n) is 13.8. The minimum absolute atomic E-state index is 0.119. The number of furan rings is 1. The molecule has 0 amide bonds. The summed E-state index contributed by atoms with van der Waals surface area (Å²) >= 11 is 0. The molecule has 4 aromatic heterocycles. The highest BCUT2D eigenvalue weighted by Gasteiger charge is 2.18. The first-order valence-corrected chi connectivity index (χ1v) is 19.1. The maximum absolute atomic E-state index is 6.29. The number of hydrogen-bond donors (Lipinski definition) is 0. The van der Waals surface area contributed by atoms with E-state index in [4.69, 9.17) is 24.4 Å². The summed E-state index contributed by atoms with van der Waals surface area (Å²) < 4.78 is 6.29. The quantitative estimate of drug-likeness (QED) is 0.103. The van der Waals surface area contributed by atoms with Gasteiger partial charge in [-0.05, 0) is 53.3 Å². The van der Waals surface area contributed by atoms with Crippen LogP contribution in [-0.2, 0) is 6.42 Å². The Hall–Kier alpha value is -7.31. The van der Waals surface area contributed by atoms with Crippen LogP contribution in [0.2, 0.25) is 0 Å². The zero-order valence-corrected chi connectivity index (χ0v) is 31.5. The first kappa shape index (κ1) is 36.7. The summed E-state index contributed by atoms with van der Waals surface area (Å²) in [5.41, 5.74) is 9.89. The molecule has 6 heteroatoms. The lowest BCUT2D eigenvalue weighted by Gasteiger charge is -2.13. The van der Waals surface area contributed by atoms with Crippen molar-refractivity contribution in [2.75, 3.05) is 0 Å². The Morgan fingerprint density at radius 1 is 0.561 bits per heavy atom. The lowest BCUT2D eigenvalue weighted by Crippen LogP contribution is -2.04. The van der Waals surface area contributed by atoms with Gasteiger partial charge in [-0.25, -0.2) is 15.0 Å². The van der Waals surface area contributed by atoms with Gasteiger partial charge in [0.1, 0.15) is 5.58 Å². The van der Waals surface area contributed by atoms with E-state index in [1.807, 2.05) is 122 Å². The number of para-hydroxylation sites is 1. The first-order chi connectivity index (χ1) is 28.1. The van der Waals surface area contributed by atoms with E-state index < -0.39 is 0 Å². The lowest BCUT2D eigenvalue weighted by atomic mass is 9.93. The van der Waals surface area contributed by atoms with E-state index in [2.05, 4.69) is 84.9 Å². The lowest BCUT2D eigenvalue weighted by molar-refractivity contribution is 0.609. The molecule has 2 atom stereocenters. The zero-order chi connectivity index (χ0) is 38.8. The molecule has 4 aromatic carbocycles. The van der Waals surface area contributed by atoms with E-state index in [1.165, 1.54) is 0 Å². The molecular formula is C51H41N5O. The van der Waals surface area contributed by atoms with Crippen molar-refractivity contribution in [1.82, 2.24) is 24.9 Å². The predicted octanol–water partition coefficient (Wildman–Crippen LogP) is 12.5. The average Bonchev–Trinajstić information content (AvgIpc) is 3.70. The molecule has 0 radical (unpaired) electrons. The fourth-order valence-corrected chi connectivity index (χ4v) is 6.90. The van der Waals surface area contributed by atoms with E-state index >= 15 is 0 Å². The number of fused-ring (bicyclic) bond motifs is 1. The largest absolute Gasteiger partial charge is 0.463 e. The minimum atomic E-state index is -0.119. The molecule has 8 aromatic rings. The molecule has 2 unspecified atom stereocenters. The van der Waals surface area contributed by atoms with E-state index in [-0.39, 0.29) is 11.8 Å². The van der Waals surface area contributed by atoms with Gasteiger partial charge in [-0.3, -0.25) is 9.97 Å². The SMILES string of the molecule is C=CCC(C=C)c1ccc(/C=C\c2ccc(C(/C=C/c3nc(-c4ccccc4)nc(-c4ccccc4)n3)Cc3coc4c(-c5ccccc5)cccc34)nc2)cn1. The van der Waals surface area contributed by atoms with Gasteiger partial charge < -0.3 is 4.42 Å². The minimum Gasteiger partial charge on any atom is -0.463 e. The summed E-state index contributed by atoms with van der Waals surface area (Å²) in [7, 11) is 0. The second-order valence-corrected chi connectivity index (χ2v) is 13.8. The Morgan fingerprint density at radius 3 is 1.68 bits per heavy atom. The van der Waals surface area contributed by atoms with Crippen molar-refractivity contribution in [3.05, 3.63) is 217 Å². The summed E-state index contributed by atoms with van der Waals surface area (Å²) in [6, 6.07) is 45.0. The summed E-state index contributed by atoms with van der Waals surface area (Å²) in [5.74, 6) is 1.84. The van der Waals surface area contributed by atoms with Gasteiger partial charge in [-0.1, -0.05) is 152 Å². The number of nitrogens with zero attached hydrogens (tertiary/aromatic N) is 5. The molecule has 0 saturated carbocycles. The Labute approximate surface area is 333 Å². The third-order valence-electron chi connectivity index (χ3n) is 9.95. The smallest absolute Gasteiger partial charge is 0.164 e. The molecule has 0 aliphatic carbocycles. The highest BCUT2D eigenvalue weighted by Crippen LogP contribution is 2.34. The molecule has 8 rings (SSSR count). The molecule has 0 bridgehead atoms. The molecule has 276 valence electrons. The van der Waals surface area contributed by atoms with E-state index in [9.17, 15) is 0 Å². The average molecular weight is 740 g/mol. The number of aromatic nitrogens is 5. The molecule has 0 fully saturated rings. The fraction of sp³-hybridized carbons (Fsp3) is 0.0784. The third-order valence-corrected chi connectivity index (χ3v) is 9.95. The van der Waals surface area contributed by atoms with Crippen molar-refractivity contribution < 1.29 is 4.42 Å². The van der Waals surface area contributed by atoms with Gasteiger partial charge in [-0.15, -0.1) is 13.2 Å².